The second-order valence-corrected chi connectivity index (χ2v) is 7.88. The molecule has 9 heteroatoms. The van der Waals surface area contributed by atoms with Gasteiger partial charge in [0.2, 0.25) is 0 Å². The largest absolute Gasteiger partial charge is 0.495 e. The van der Waals surface area contributed by atoms with E-state index in [2.05, 4.69) is 15.1 Å². The summed E-state index contributed by atoms with van der Waals surface area (Å²) in [4.78, 5) is 8.79. The number of hydrogen-bond acceptors (Lipinski definition) is 4. The van der Waals surface area contributed by atoms with E-state index in [-0.39, 0.29) is 5.92 Å². The van der Waals surface area contributed by atoms with Crippen LogP contribution in [0.25, 0.3) is 17.8 Å². The monoisotopic (exact) mass is 451 g/mol. The van der Waals surface area contributed by atoms with Crippen molar-refractivity contribution in [2.75, 3.05) is 7.11 Å². The first-order valence-electron chi connectivity index (χ1n) is 10.4. The molecule has 0 spiro atoms. The highest BCUT2D eigenvalue weighted by atomic mass is 19.2. The van der Waals surface area contributed by atoms with Crippen molar-refractivity contribution in [3.05, 3.63) is 88.8 Å². The molecule has 1 aliphatic rings. The van der Waals surface area contributed by atoms with Crippen LogP contribution in [-0.4, -0.2) is 31.4 Å². The van der Waals surface area contributed by atoms with Gasteiger partial charge in [-0.1, -0.05) is 12.1 Å². The summed E-state index contributed by atoms with van der Waals surface area (Å²) in [6, 6.07) is 7.84. The third kappa shape index (κ3) is 3.90. The normalized spacial score (nSPS) is 15.4. The molecule has 3 heterocycles. The third-order valence-corrected chi connectivity index (χ3v) is 5.68. The highest BCUT2D eigenvalue weighted by Gasteiger charge is 2.29. The lowest BCUT2D eigenvalue weighted by molar-refractivity contribution is 0.413. The van der Waals surface area contributed by atoms with Crippen LogP contribution in [0.15, 0.2) is 42.9 Å². The van der Waals surface area contributed by atoms with Gasteiger partial charge in [-0.25, -0.2) is 27.8 Å². The highest BCUT2D eigenvalue weighted by molar-refractivity contribution is 5.69. The number of nitrogens with zero attached hydrogens (tertiary/aromatic N) is 5. The van der Waals surface area contributed by atoms with E-state index >= 15 is 0 Å². The molecule has 6 nitrogen and oxygen atoms in total. The van der Waals surface area contributed by atoms with Crippen molar-refractivity contribution >= 4 is 12.2 Å². The SMILES string of the molecule is COc1cc(/C=C/c2nc3n(n2)CCC3c2cc(F)c(F)c(F)c2)ccc1-n1cnc(C)c1. The van der Waals surface area contributed by atoms with E-state index in [1.807, 2.05) is 42.0 Å². The first-order valence-corrected chi connectivity index (χ1v) is 10.4. The first-order chi connectivity index (χ1) is 15.9. The zero-order chi connectivity index (χ0) is 23.1. The van der Waals surface area contributed by atoms with Crippen LogP contribution in [0.4, 0.5) is 13.2 Å². The van der Waals surface area contributed by atoms with Gasteiger partial charge >= 0.3 is 0 Å². The second kappa shape index (κ2) is 8.23. The predicted molar refractivity (Wildman–Crippen MR) is 117 cm³/mol. The number of aryl methyl sites for hydroxylation is 2. The molecule has 1 unspecified atom stereocenters. The Kier molecular flexibility index (Phi) is 5.24. The molecule has 0 saturated heterocycles. The molecule has 33 heavy (non-hydrogen) atoms. The van der Waals surface area contributed by atoms with Gasteiger partial charge in [0.1, 0.15) is 11.6 Å². The number of benzene rings is 2. The van der Waals surface area contributed by atoms with Crippen molar-refractivity contribution < 1.29 is 17.9 Å². The number of imidazole rings is 1. The summed E-state index contributed by atoms with van der Waals surface area (Å²) in [6.45, 7) is 2.48. The van der Waals surface area contributed by atoms with Crippen molar-refractivity contribution in [2.45, 2.75) is 25.8 Å². The van der Waals surface area contributed by atoms with Crippen molar-refractivity contribution in [3.8, 4) is 11.4 Å². The van der Waals surface area contributed by atoms with Gasteiger partial charge in [-0.05, 0) is 54.8 Å². The van der Waals surface area contributed by atoms with E-state index in [9.17, 15) is 13.2 Å². The Bertz CT molecular complexity index is 1350. The minimum atomic E-state index is -1.47. The van der Waals surface area contributed by atoms with Crippen LogP contribution in [-0.2, 0) is 6.54 Å². The number of halogens is 3. The lowest BCUT2D eigenvalue weighted by Crippen LogP contribution is -2.02. The summed E-state index contributed by atoms with van der Waals surface area (Å²) >= 11 is 0. The maximum absolute atomic E-state index is 13.7. The number of ether oxygens (including phenoxy) is 1. The average Bonchev–Trinajstić information content (AvgIpc) is 3.51. The van der Waals surface area contributed by atoms with Crippen LogP contribution in [0.5, 0.6) is 5.75 Å². The zero-order valence-electron chi connectivity index (χ0n) is 18.0. The van der Waals surface area contributed by atoms with Gasteiger partial charge in [0.15, 0.2) is 23.3 Å². The molecule has 0 N–H and O–H groups in total. The number of rotatable bonds is 5. The van der Waals surface area contributed by atoms with Crippen LogP contribution in [0, 0.1) is 24.4 Å². The van der Waals surface area contributed by atoms with Gasteiger partial charge in [-0.15, -0.1) is 0 Å². The minimum absolute atomic E-state index is 0.345. The van der Waals surface area contributed by atoms with Gasteiger partial charge in [-0.3, -0.25) is 0 Å². The summed E-state index contributed by atoms with van der Waals surface area (Å²) < 4.78 is 49.9. The van der Waals surface area contributed by atoms with E-state index in [1.54, 1.807) is 24.2 Å². The van der Waals surface area contributed by atoms with Gasteiger partial charge in [0.25, 0.3) is 0 Å². The Labute approximate surface area is 188 Å². The molecule has 4 aromatic rings. The van der Waals surface area contributed by atoms with Crippen LogP contribution in [0.3, 0.4) is 0 Å². The fourth-order valence-corrected chi connectivity index (χ4v) is 4.07. The zero-order valence-corrected chi connectivity index (χ0v) is 18.0. The molecule has 1 aliphatic heterocycles. The molecule has 2 aromatic carbocycles. The van der Waals surface area contributed by atoms with Crippen molar-refractivity contribution in [1.29, 1.82) is 0 Å². The van der Waals surface area contributed by atoms with E-state index < -0.39 is 17.5 Å². The molecule has 168 valence electrons. The van der Waals surface area contributed by atoms with E-state index in [0.717, 1.165) is 29.1 Å². The molecule has 5 rings (SSSR count). The summed E-state index contributed by atoms with van der Waals surface area (Å²) in [6.07, 6.45) is 7.87. The summed E-state index contributed by atoms with van der Waals surface area (Å²) in [5.74, 6) is -2.45. The molecule has 0 bridgehead atoms. The molecule has 0 saturated carbocycles. The second-order valence-electron chi connectivity index (χ2n) is 7.88. The molecule has 0 amide bonds. The Morgan fingerprint density at radius 2 is 1.88 bits per heavy atom. The van der Waals surface area contributed by atoms with Crippen LogP contribution < -0.4 is 4.74 Å². The molecule has 0 radical (unpaired) electrons. The van der Waals surface area contributed by atoms with E-state index in [4.69, 9.17) is 4.74 Å². The fourth-order valence-electron chi connectivity index (χ4n) is 4.07. The topological polar surface area (TPSA) is 57.8 Å². The quantitative estimate of drug-likeness (QED) is 0.405. The van der Waals surface area contributed by atoms with E-state index in [1.165, 1.54) is 0 Å². The van der Waals surface area contributed by atoms with Crippen molar-refractivity contribution in [3.63, 3.8) is 0 Å². The summed E-state index contributed by atoms with van der Waals surface area (Å²) in [5, 5.41) is 4.47. The Morgan fingerprint density at radius 3 is 2.58 bits per heavy atom. The highest BCUT2D eigenvalue weighted by Crippen LogP contribution is 2.34. The smallest absolute Gasteiger partial charge is 0.194 e. The third-order valence-electron chi connectivity index (χ3n) is 5.68. The summed E-state index contributed by atoms with van der Waals surface area (Å²) in [7, 11) is 1.61. The van der Waals surface area contributed by atoms with Gasteiger partial charge < -0.3 is 9.30 Å². The summed E-state index contributed by atoms with van der Waals surface area (Å²) in [5.41, 5.74) is 3.02. The van der Waals surface area contributed by atoms with Crippen LogP contribution >= 0.6 is 0 Å². The average molecular weight is 451 g/mol. The lowest BCUT2D eigenvalue weighted by Gasteiger charge is -2.10. The Balaban J connectivity index is 1.39. The molecule has 0 fully saturated rings. The molecular formula is C24H20F3N5O. The number of methoxy groups -OCH3 is 1. The van der Waals surface area contributed by atoms with Crippen molar-refractivity contribution in [2.24, 2.45) is 0 Å². The van der Waals surface area contributed by atoms with Gasteiger partial charge in [-0.2, -0.15) is 5.10 Å². The maximum atomic E-state index is 13.7. The lowest BCUT2D eigenvalue weighted by atomic mass is 9.97. The molecular weight excluding hydrogens is 431 g/mol. The molecule has 1 atom stereocenters. The van der Waals surface area contributed by atoms with Crippen LogP contribution in [0.2, 0.25) is 0 Å². The molecule has 2 aromatic heterocycles. The fraction of sp³-hybridized carbons (Fsp3) is 0.208. The van der Waals surface area contributed by atoms with Crippen LogP contribution in [0.1, 0.15) is 40.8 Å². The Morgan fingerprint density at radius 1 is 1.09 bits per heavy atom. The number of hydrogen-bond donors (Lipinski definition) is 0. The van der Waals surface area contributed by atoms with Crippen molar-refractivity contribution in [1.82, 2.24) is 24.3 Å². The molecule has 0 aliphatic carbocycles. The standard InChI is InChI=1S/C24H20F3N5O/c1-14-12-31(13-28-14)20-5-3-15(9-21(20)33-2)4-6-22-29-24-17(7-8-32(24)30-22)16-10-18(25)23(27)19(26)11-16/h3-6,9-13,17H,7-8H2,1-2H3/b6-4+. The number of fused-ring (bicyclic) bond motifs is 1. The Hall–Kier alpha value is -3.88. The minimum Gasteiger partial charge on any atom is -0.495 e. The predicted octanol–water partition coefficient (Wildman–Crippen LogP) is 4.90. The van der Waals surface area contributed by atoms with Gasteiger partial charge in [0, 0.05) is 18.7 Å². The first kappa shape index (κ1) is 21.0. The van der Waals surface area contributed by atoms with Gasteiger partial charge in [0.05, 0.1) is 24.8 Å². The van der Waals surface area contributed by atoms with E-state index in [0.29, 0.717) is 35.9 Å². The number of aromatic nitrogens is 5. The maximum Gasteiger partial charge on any atom is 0.194 e.